The Morgan fingerprint density at radius 3 is 2.62 bits per heavy atom. The molecule has 0 aliphatic heterocycles. The van der Waals surface area contributed by atoms with Crippen LogP contribution in [0.2, 0.25) is 0 Å². The first kappa shape index (κ1) is 16.9. The van der Waals surface area contributed by atoms with Gasteiger partial charge in [-0.1, -0.05) is 19.9 Å². The van der Waals surface area contributed by atoms with Crippen molar-refractivity contribution < 1.29 is 13.5 Å². The van der Waals surface area contributed by atoms with Gasteiger partial charge in [-0.2, -0.15) is 0 Å². The van der Waals surface area contributed by atoms with E-state index < -0.39 is 10.0 Å². The predicted octanol–water partition coefficient (Wildman–Crippen LogP) is 3.11. The van der Waals surface area contributed by atoms with Gasteiger partial charge in [-0.3, -0.25) is 0 Å². The van der Waals surface area contributed by atoms with Crippen LogP contribution in [-0.4, -0.2) is 19.6 Å². The fourth-order valence-electron chi connectivity index (χ4n) is 2.92. The van der Waals surface area contributed by atoms with Crippen molar-refractivity contribution in [1.82, 2.24) is 4.72 Å². The number of sulfonamides is 1. The number of rotatable bonds is 4. The van der Waals surface area contributed by atoms with Gasteiger partial charge < -0.3 is 5.11 Å². The molecular formula is C15H22BrNO3S. The predicted molar refractivity (Wildman–Crippen MR) is 86.5 cm³/mol. The lowest BCUT2D eigenvalue weighted by atomic mass is 9.92. The van der Waals surface area contributed by atoms with Gasteiger partial charge in [0.2, 0.25) is 10.0 Å². The maximum absolute atomic E-state index is 12.6. The van der Waals surface area contributed by atoms with E-state index >= 15 is 0 Å². The van der Waals surface area contributed by atoms with Crippen molar-refractivity contribution >= 4 is 26.0 Å². The van der Waals surface area contributed by atoms with Crippen LogP contribution in [-0.2, 0) is 16.6 Å². The molecule has 1 atom stereocenters. The minimum Gasteiger partial charge on any atom is -0.392 e. The fraction of sp³-hybridized carbons (Fsp3) is 0.600. The molecule has 0 aromatic heterocycles. The highest BCUT2D eigenvalue weighted by atomic mass is 79.9. The second-order valence-corrected chi connectivity index (χ2v) is 9.08. The second-order valence-electron chi connectivity index (χ2n) is 6.61. The molecule has 118 valence electrons. The zero-order valence-corrected chi connectivity index (χ0v) is 15.0. The molecule has 0 radical (unpaired) electrons. The Labute approximate surface area is 135 Å². The van der Waals surface area contributed by atoms with E-state index in [0.29, 0.717) is 10.0 Å². The van der Waals surface area contributed by atoms with Crippen molar-refractivity contribution in [2.24, 2.45) is 5.41 Å². The molecule has 0 bridgehead atoms. The van der Waals surface area contributed by atoms with Crippen LogP contribution in [0.5, 0.6) is 0 Å². The summed E-state index contributed by atoms with van der Waals surface area (Å²) in [5.41, 5.74) is 1.59. The average molecular weight is 376 g/mol. The molecule has 6 heteroatoms. The van der Waals surface area contributed by atoms with Crippen molar-refractivity contribution in [2.75, 3.05) is 0 Å². The van der Waals surface area contributed by atoms with Gasteiger partial charge in [0.05, 0.1) is 11.5 Å². The van der Waals surface area contributed by atoms with E-state index in [0.717, 1.165) is 24.8 Å². The third-order valence-corrected chi connectivity index (χ3v) is 6.90. The van der Waals surface area contributed by atoms with E-state index in [1.54, 1.807) is 6.07 Å². The Kier molecular flexibility index (Phi) is 4.83. The summed E-state index contributed by atoms with van der Waals surface area (Å²) in [6.07, 6.45) is 2.74. The molecule has 1 aromatic carbocycles. The smallest absolute Gasteiger partial charge is 0.241 e. The summed E-state index contributed by atoms with van der Waals surface area (Å²) in [5, 5.41) is 9.27. The lowest BCUT2D eigenvalue weighted by Crippen LogP contribution is -2.33. The van der Waals surface area contributed by atoms with Gasteiger partial charge in [0.15, 0.2) is 0 Å². The average Bonchev–Trinajstić information content (AvgIpc) is 2.70. The van der Waals surface area contributed by atoms with Gasteiger partial charge in [-0.15, -0.1) is 0 Å². The van der Waals surface area contributed by atoms with Crippen molar-refractivity contribution in [3.8, 4) is 0 Å². The molecule has 0 amide bonds. The zero-order chi connectivity index (χ0) is 15.8. The zero-order valence-electron chi connectivity index (χ0n) is 12.6. The minimum atomic E-state index is -3.59. The third kappa shape index (κ3) is 3.86. The minimum absolute atomic E-state index is 0.0185. The van der Waals surface area contributed by atoms with Gasteiger partial charge in [-0.05, 0) is 64.7 Å². The number of halogens is 1. The molecule has 1 unspecified atom stereocenters. The number of aryl methyl sites for hydroxylation is 1. The van der Waals surface area contributed by atoms with E-state index in [9.17, 15) is 13.5 Å². The van der Waals surface area contributed by atoms with Gasteiger partial charge in [0.1, 0.15) is 0 Å². The van der Waals surface area contributed by atoms with Crippen LogP contribution in [0.15, 0.2) is 21.5 Å². The molecule has 4 nitrogen and oxygen atoms in total. The Morgan fingerprint density at radius 2 is 2.10 bits per heavy atom. The monoisotopic (exact) mass is 375 g/mol. The van der Waals surface area contributed by atoms with Crippen LogP contribution in [0.4, 0.5) is 0 Å². The highest BCUT2D eigenvalue weighted by Gasteiger charge is 2.34. The molecule has 1 aliphatic carbocycles. The van der Waals surface area contributed by atoms with Gasteiger partial charge in [0.25, 0.3) is 0 Å². The fourth-order valence-corrected chi connectivity index (χ4v) is 5.25. The van der Waals surface area contributed by atoms with Crippen molar-refractivity contribution in [1.29, 1.82) is 0 Å². The van der Waals surface area contributed by atoms with Gasteiger partial charge in [0, 0.05) is 10.5 Å². The molecule has 0 saturated heterocycles. The lowest BCUT2D eigenvalue weighted by molar-refractivity contribution is 0.281. The molecule has 21 heavy (non-hydrogen) atoms. The molecular weight excluding hydrogens is 354 g/mol. The van der Waals surface area contributed by atoms with Crippen molar-refractivity contribution in [3.05, 3.63) is 27.7 Å². The Morgan fingerprint density at radius 1 is 1.43 bits per heavy atom. The number of aliphatic hydroxyl groups excluding tert-OH is 1. The molecule has 1 aromatic rings. The van der Waals surface area contributed by atoms with Crippen LogP contribution in [0.3, 0.4) is 0 Å². The molecule has 2 N–H and O–H groups in total. The van der Waals surface area contributed by atoms with Crippen LogP contribution in [0.1, 0.15) is 44.2 Å². The summed E-state index contributed by atoms with van der Waals surface area (Å²) in [7, 11) is -3.59. The SMILES string of the molecule is Cc1cc(CO)cc(S(=O)(=O)NC2CCC(C)(C)C2)c1Br. The largest absolute Gasteiger partial charge is 0.392 e. The van der Waals surface area contributed by atoms with Gasteiger partial charge >= 0.3 is 0 Å². The third-order valence-electron chi connectivity index (χ3n) is 4.04. The van der Waals surface area contributed by atoms with Crippen LogP contribution < -0.4 is 4.72 Å². The number of aliphatic hydroxyl groups is 1. The topological polar surface area (TPSA) is 66.4 Å². The Bertz CT molecular complexity index is 641. The summed E-state index contributed by atoms with van der Waals surface area (Å²) in [6, 6.07) is 3.29. The first-order valence-corrected chi connectivity index (χ1v) is 9.34. The van der Waals surface area contributed by atoms with Crippen molar-refractivity contribution in [2.45, 2.75) is 57.6 Å². The van der Waals surface area contributed by atoms with E-state index in [2.05, 4.69) is 34.5 Å². The number of hydrogen-bond donors (Lipinski definition) is 2. The summed E-state index contributed by atoms with van der Waals surface area (Å²) in [4.78, 5) is 0.205. The number of benzene rings is 1. The molecule has 0 heterocycles. The van der Waals surface area contributed by atoms with E-state index in [-0.39, 0.29) is 23.0 Å². The second kappa shape index (κ2) is 5.99. The molecule has 1 saturated carbocycles. The molecule has 1 aliphatic rings. The number of hydrogen-bond acceptors (Lipinski definition) is 3. The first-order chi connectivity index (χ1) is 9.64. The molecule has 2 rings (SSSR count). The highest BCUT2D eigenvalue weighted by molar-refractivity contribution is 9.10. The maximum atomic E-state index is 12.6. The van der Waals surface area contributed by atoms with E-state index in [1.807, 2.05) is 6.92 Å². The lowest BCUT2D eigenvalue weighted by Gasteiger charge is -2.19. The first-order valence-electron chi connectivity index (χ1n) is 7.07. The Hall–Kier alpha value is -0.430. The Balaban J connectivity index is 2.30. The normalized spacial score (nSPS) is 21.7. The number of nitrogens with one attached hydrogen (secondary N) is 1. The quantitative estimate of drug-likeness (QED) is 0.849. The van der Waals surface area contributed by atoms with E-state index in [4.69, 9.17) is 0 Å². The van der Waals surface area contributed by atoms with Gasteiger partial charge in [-0.25, -0.2) is 13.1 Å². The van der Waals surface area contributed by atoms with Crippen LogP contribution in [0.25, 0.3) is 0 Å². The van der Waals surface area contributed by atoms with Crippen LogP contribution >= 0.6 is 15.9 Å². The van der Waals surface area contributed by atoms with E-state index in [1.165, 1.54) is 6.07 Å². The van der Waals surface area contributed by atoms with Crippen molar-refractivity contribution in [3.63, 3.8) is 0 Å². The summed E-state index contributed by atoms with van der Waals surface area (Å²) in [6.45, 7) is 5.97. The summed E-state index contributed by atoms with van der Waals surface area (Å²) >= 11 is 3.35. The molecule has 1 fully saturated rings. The standard InChI is InChI=1S/C15H22BrNO3S/c1-10-6-11(9-18)7-13(14(10)16)21(19,20)17-12-4-5-15(2,3)8-12/h6-7,12,17-18H,4-5,8-9H2,1-3H3. The highest BCUT2D eigenvalue weighted by Crippen LogP contribution is 2.38. The molecule has 0 spiro atoms. The summed E-state index contributed by atoms with van der Waals surface area (Å²) < 4.78 is 28.6. The maximum Gasteiger partial charge on any atom is 0.241 e. The summed E-state index contributed by atoms with van der Waals surface area (Å²) in [5.74, 6) is 0. The van der Waals surface area contributed by atoms with Crippen LogP contribution in [0, 0.1) is 12.3 Å².